The lowest BCUT2D eigenvalue weighted by Crippen LogP contribution is -2.14. The first-order valence-corrected chi connectivity index (χ1v) is 14.8. The SMILES string of the molecule is Cc1cc(OCCOCCOCCOCCC(O)O)ccc1CCc1cnc2c(N)nc3cc(CCC(=O)O)ccc3c2c1. The van der Waals surface area contributed by atoms with E-state index >= 15 is 0 Å². The van der Waals surface area contributed by atoms with E-state index in [1.165, 1.54) is 5.56 Å². The molecule has 2 aromatic heterocycles. The molecule has 0 aliphatic carbocycles. The monoisotopic (exact) mass is 607 g/mol. The molecule has 0 unspecified atom stereocenters. The lowest BCUT2D eigenvalue weighted by atomic mass is 9.99. The third-order valence-electron chi connectivity index (χ3n) is 7.17. The molecule has 0 fully saturated rings. The van der Waals surface area contributed by atoms with Gasteiger partial charge in [-0.15, -0.1) is 0 Å². The van der Waals surface area contributed by atoms with E-state index in [2.05, 4.69) is 29.0 Å². The first kappa shape index (κ1) is 33.0. The minimum Gasteiger partial charge on any atom is -0.491 e. The highest BCUT2D eigenvalue weighted by molar-refractivity contribution is 6.08. The number of aliphatic hydroxyl groups is 2. The van der Waals surface area contributed by atoms with Gasteiger partial charge in [0.2, 0.25) is 0 Å². The van der Waals surface area contributed by atoms with E-state index in [9.17, 15) is 4.79 Å². The third-order valence-corrected chi connectivity index (χ3v) is 7.17. The molecule has 0 spiro atoms. The Morgan fingerprint density at radius 3 is 2.27 bits per heavy atom. The van der Waals surface area contributed by atoms with Gasteiger partial charge < -0.3 is 40.0 Å². The quantitative estimate of drug-likeness (QED) is 0.0699. The number of carbonyl (C=O) groups is 1. The smallest absolute Gasteiger partial charge is 0.303 e. The highest BCUT2D eigenvalue weighted by atomic mass is 16.6. The summed E-state index contributed by atoms with van der Waals surface area (Å²) < 4.78 is 22.0. The number of ether oxygens (including phenoxy) is 4. The molecule has 4 aromatic rings. The number of aromatic nitrogens is 2. The molecular formula is C33H41N3O8. The molecule has 0 saturated carbocycles. The molecule has 44 heavy (non-hydrogen) atoms. The summed E-state index contributed by atoms with van der Waals surface area (Å²) in [7, 11) is 0. The molecule has 11 heteroatoms. The van der Waals surface area contributed by atoms with Gasteiger partial charge in [0.15, 0.2) is 12.1 Å². The number of nitrogens with zero attached hydrogens (tertiary/aromatic N) is 2. The Hall–Kier alpha value is -3.87. The molecule has 2 aromatic carbocycles. The van der Waals surface area contributed by atoms with E-state index in [0.717, 1.165) is 51.6 Å². The Balaban J connectivity index is 1.23. The van der Waals surface area contributed by atoms with Crippen LogP contribution in [0.4, 0.5) is 5.82 Å². The van der Waals surface area contributed by atoms with Crippen molar-refractivity contribution in [2.45, 2.75) is 45.3 Å². The van der Waals surface area contributed by atoms with Crippen molar-refractivity contribution in [2.75, 3.05) is 52.0 Å². The average molecular weight is 608 g/mol. The lowest BCUT2D eigenvalue weighted by Gasteiger charge is -2.12. The third kappa shape index (κ3) is 10.1. The summed E-state index contributed by atoms with van der Waals surface area (Å²) in [6.07, 6.45) is 2.84. The van der Waals surface area contributed by atoms with Gasteiger partial charge in [-0.1, -0.05) is 18.2 Å². The van der Waals surface area contributed by atoms with Crippen LogP contribution in [0.1, 0.15) is 35.1 Å². The Labute approximate surface area is 256 Å². The van der Waals surface area contributed by atoms with Gasteiger partial charge in [-0.25, -0.2) is 4.98 Å². The van der Waals surface area contributed by atoms with Gasteiger partial charge in [0.05, 0.1) is 45.2 Å². The summed E-state index contributed by atoms with van der Waals surface area (Å²) in [5.74, 6) is 0.323. The topological polar surface area (TPSA) is 166 Å². The minimum absolute atomic E-state index is 0.0667. The van der Waals surface area contributed by atoms with Crippen molar-refractivity contribution in [3.05, 3.63) is 70.9 Å². The molecule has 0 radical (unpaired) electrons. The van der Waals surface area contributed by atoms with Crippen molar-refractivity contribution < 1.29 is 39.1 Å². The van der Waals surface area contributed by atoms with Crippen LogP contribution in [0.5, 0.6) is 5.75 Å². The second kappa shape index (κ2) is 16.8. The number of benzene rings is 2. The van der Waals surface area contributed by atoms with E-state index in [1.807, 2.05) is 36.5 Å². The molecule has 0 saturated heterocycles. The van der Waals surface area contributed by atoms with E-state index in [0.29, 0.717) is 57.4 Å². The number of hydrogen-bond donors (Lipinski definition) is 4. The first-order chi connectivity index (χ1) is 21.3. The molecule has 0 atom stereocenters. The van der Waals surface area contributed by atoms with Gasteiger partial charge in [-0.05, 0) is 72.7 Å². The fourth-order valence-electron chi connectivity index (χ4n) is 4.81. The molecule has 0 aliphatic heterocycles. The zero-order valence-corrected chi connectivity index (χ0v) is 25.0. The van der Waals surface area contributed by atoms with Crippen LogP contribution in [0.3, 0.4) is 0 Å². The Morgan fingerprint density at radius 2 is 1.57 bits per heavy atom. The molecule has 2 heterocycles. The molecule has 236 valence electrons. The number of nitrogen functional groups attached to an aromatic ring is 1. The van der Waals surface area contributed by atoms with Gasteiger partial charge in [-0.2, -0.15) is 0 Å². The number of anilines is 1. The summed E-state index contributed by atoms with van der Waals surface area (Å²) in [6.45, 7) is 4.95. The first-order valence-electron chi connectivity index (χ1n) is 14.8. The van der Waals surface area contributed by atoms with E-state index < -0.39 is 12.3 Å². The molecule has 5 N–H and O–H groups in total. The zero-order chi connectivity index (χ0) is 31.3. The van der Waals surface area contributed by atoms with Gasteiger partial charge in [-0.3, -0.25) is 9.78 Å². The summed E-state index contributed by atoms with van der Waals surface area (Å²) in [4.78, 5) is 20.1. The number of aliphatic hydroxyl groups excluding tert-OH is 1. The fraction of sp³-hybridized carbons (Fsp3) is 0.424. The van der Waals surface area contributed by atoms with E-state index in [1.54, 1.807) is 0 Å². The number of fused-ring (bicyclic) bond motifs is 3. The zero-order valence-electron chi connectivity index (χ0n) is 25.0. The van der Waals surface area contributed by atoms with Crippen LogP contribution in [0.15, 0.2) is 48.7 Å². The van der Waals surface area contributed by atoms with Gasteiger partial charge in [0.1, 0.15) is 17.9 Å². The van der Waals surface area contributed by atoms with Crippen LogP contribution < -0.4 is 10.5 Å². The van der Waals surface area contributed by atoms with Crippen LogP contribution >= 0.6 is 0 Å². The van der Waals surface area contributed by atoms with Gasteiger partial charge in [0.25, 0.3) is 0 Å². The minimum atomic E-state index is -1.34. The van der Waals surface area contributed by atoms with Crippen LogP contribution in [0, 0.1) is 6.92 Å². The number of rotatable bonds is 19. The van der Waals surface area contributed by atoms with Crippen molar-refractivity contribution >= 4 is 33.6 Å². The normalized spacial score (nSPS) is 11.5. The van der Waals surface area contributed by atoms with Gasteiger partial charge >= 0.3 is 5.97 Å². The summed E-state index contributed by atoms with van der Waals surface area (Å²) in [6, 6.07) is 14.0. The second-order valence-corrected chi connectivity index (χ2v) is 10.5. The van der Waals surface area contributed by atoms with Crippen molar-refractivity contribution in [2.24, 2.45) is 0 Å². The van der Waals surface area contributed by atoms with Gasteiger partial charge in [0, 0.05) is 29.8 Å². The molecular weight excluding hydrogens is 566 g/mol. The standard InChI is InChI=1S/C33H41N3O8/c1-22-18-26(44-17-16-43-15-14-42-13-12-41-11-10-31(39)40)7-6-25(22)5-2-24-19-28-27-8-3-23(4-9-30(37)38)20-29(27)36-33(34)32(28)35-21-24/h3,6-8,18-21,31,39-40H,2,4-5,9-17H2,1H3,(H2,34,36)(H,37,38). The number of carboxylic acid groups (broad SMARTS) is 1. The lowest BCUT2D eigenvalue weighted by molar-refractivity contribution is -0.136. The Morgan fingerprint density at radius 1 is 0.841 bits per heavy atom. The molecule has 0 amide bonds. The van der Waals surface area contributed by atoms with Crippen molar-refractivity contribution in [1.29, 1.82) is 0 Å². The second-order valence-electron chi connectivity index (χ2n) is 10.5. The molecule has 0 bridgehead atoms. The average Bonchev–Trinajstić information content (AvgIpc) is 2.99. The molecule has 4 rings (SSSR count). The molecule has 0 aliphatic rings. The predicted molar refractivity (Wildman–Crippen MR) is 167 cm³/mol. The summed E-state index contributed by atoms with van der Waals surface area (Å²) in [5, 5.41) is 28.4. The van der Waals surface area contributed by atoms with E-state index in [4.69, 9.17) is 40.0 Å². The predicted octanol–water partition coefficient (Wildman–Crippen LogP) is 3.61. The van der Waals surface area contributed by atoms with Crippen LogP contribution in [-0.4, -0.2) is 83.8 Å². The maximum absolute atomic E-state index is 11.0. The number of hydrogen-bond acceptors (Lipinski definition) is 10. The van der Waals surface area contributed by atoms with Crippen LogP contribution in [-0.2, 0) is 38.3 Å². The van der Waals surface area contributed by atoms with Crippen molar-refractivity contribution in [3.8, 4) is 5.75 Å². The van der Waals surface area contributed by atoms with Crippen LogP contribution in [0.2, 0.25) is 0 Å². The fourth-order valence-corrected chi connectivity index (χ4v) is 4.81. The number of carboxylic acids is 1. The summed E-state index contributed by atoms with van der Waals surface area (Å²) in [5.41, 5.74) is 12.0. The Bertz CT molecular complexity index is 1530. The maximum Gasteiger partial charge on any atom is 0.303 e. The number of aryl methyl sites for hydroxylation is 4. The largest absolute Gasteiger partial charge is 0.491 e. The summed E-state index contributed by atoms with van der Waals surface area (Å²) >= 11 is 0. The van der Waals surface area contributed by atoms with Crippen molar-refractivity contribution in [3.63, 3.8) is 0 Å². The highest BCUT2D eigenvalue weighted by Gasteiger charge is 2.11. The maximum atomic E-state index is 11.0. The van der Waals surface area contributed by atoms with E-state index in [-0.39, 0.29) is 19.4 Å². The number of pyridine rings is 2. The van der Waals surface area contributed by atoms with Crippen LogP contribution in [0.25, 0.3) is 21.8 Å². The highest BCUT2D eigenvalue weighted by Crippen LogP contribution is 2.29. The molecule has 11 nitrogen and oxygen atoms in total. The van der Waals surface area contributed by atoms with Crippen molar-refractivity contribution in [1.82, 2.24) is 9.97 Å². The number of aliphatic carboxylic acids is 1. The Kier molecular flexibility index (Phi) is 12.6. The number of nitrogens with two attached hydrogens (primary N) is 1.